The van der Waals surface area contributed by atoms with Crippen LogP contribution in [0.4, 0.5) is 0 Å². The zero-order valence-corrected chi connectivity index (χ0v) is 14.7. The summed E-state index contributed by atoms with van der Waals surface area (Å²) in [5, 5.41) is 0. The second-order valence-corrected chi connectivity index (χ2v) is 10.6. The summed E-state index contributed by atoms with van der Waals surface area (Å²) in [6, 6.07) is 0. The van der Waals surface area contributed by atoms with Crippen molar-refractivity contribution in [3.8, 4) is 0 Å². The Labute approximate surface area is 123 Å². The molecule has 0 aromatic rings. The van der Waals surface area contributed by atoms with Gasteiger partial charge in [0.25, 0.3) is 0 Å². The molecule has 0 fully saturated rings. The molecule has 3 heteroatoms. The normalized spacial score (nSPS) is 14.0. The molecule has 1 aliphatic carbocycles. The molecule has 0 saturated carbocycles. The van der Waals surface area contributed by atoms with E-state index in [-0.39, 0.29) is 21.7 Å². The molecule has 1 aliphatic rings. The molecular weight excluding hydrogens is 260 g/mol. The van der Waals surface area contributed by atoms with Crippen molar-refractivity contribution in [1.29, 1.82) is 0 Å². The Bertz CT molecular complexity index is 213. The van der Waals surface area contributed by atoms with Crippen molar-refractivity contribution in [3.63, 3.8) is 0 Å². The maximum Gasteiger partial charge on any atom is 0.196 e. The Kier molecular flexibility index (Phi) is 10.8. The van der Waals surface area contributed by atoms with E-state index in [1.165, 1.54) is 0 Å². The SMILES string of the molecule is CC(C)[Si](O)(C(C)C)C(C)C.[C-]1=CC=CC1.[Ti]. The molecule has 0 atom stereocenters. The Morgan fingerprint density at radius 3 is 1.47 bits per heavy atom. The summed E-state index contributed by atoms with van der Waals surface area (Å²) in [5.41, 5.74) is 1.42. The van der Waals surface area contributed by atoms with Crippen molar-refractivity contribution in [2.45, 2.75) is 64.6 Å². The second-order valence-electron chi connectivity index (χ2n) is 5.35. The van der Waals surface area contributed by atoms with E-state index in [1.54, 1.807) is 0 Å². The number of allylic oxidation sites excluding steroid dienone is 4. The molecule has 0 aromatic carbocycles. The van der Waals surface area contributed by atoms with Gasteiger partial charge in [-0.1, -0.05) is 41.5 Å². The predicted molar refractivity (Wildman–Crippen MR) is 74.8 cm³/mol. The van der Waals surface area contributed by atoms with Crippen molar-refractivity contribution >= 4 is 8.32 Å². The fourth-order valence-electron chi connectivity index (χ4n) is 2.34. The number of hydrogen-bond acceptors (Lipinski definition) is 1. The van der Waals surface area contributed by atoms with Gasteiger partial charge >= 0.3 is 0 Å². The largest absolute Gasteiger partial charge is 0.431 e. The number of rotatable bonds is 3. The first-order valence-corrected chi connectivity index (χ1v) is 8.45. The first kappa shape index (κ1) is 19.7. The second kappa shape index (κ2) is 9.32. The van der Waals surface area contributed by atoms with Gasteiger partial charge in [0, 0.05) is 21.7 Å². The molecule has 98 valence electrons. The molecule has 17 heavy (non-hydrogen) atoms. The van der Waals surface area contributed by atoms with Crippen LogP contribution in [0.1, 0.15) is 48.0 Å². The Morgan fingerprint density at radius 1 is 1.00 bits per heavy atom. The summed E-state index contributed by atoms with van der Waals surface area (Å²) in [6.07, 6.45) is 10.0. The van der Waals surface area contributed by atoms with Gasteiger partial charge in [0.2, 0.25) is 0 Å². The van der Waals surface area contributed by atoms with E-state index in [0.29, 0.717) is 16.6 Å². The van der Waals surface area contributed by atoms with Crippen LogP contribution < -0.4 is 0 Å². The van der Waals surface area contributed by atoms with E-state index >= 15 is 0 Å². The van der Waals surface area contributed by atoms with E-state index in [1.807, 2.05) is 12.2 Å². The van der Waals surface area contributed by atoms with Gasteiger partial charge in [0.05, 0.1) is 0 Å². The zero-order chi connectivity index (χ0) is 12.8. The average molecular weight is 287 g/mol. The monoisotopic (exact) mass is 287 g/mol. The van der Waals surface area contributed by atoms with Crippen LogP contribution in [0.3, 0.4) is 0 Å². The van der Waals surface area contributed by atoms with E-state index < -0.39 is 8.32 Å². The standard InChI is InChI=1S/C9H22OSi.C5H5.Ti/c1-7(2)11(10,8(3)4)9(5)6;1-2-4-5-3-1;/h7-10H,1-6H3;1-3H,4H2;/q;-1;. The van der Waals surface area contributed by atoms with Crippen LogP contribution in [0.25, 0.3) is 0 Å². The minimum absolute atomic E-state index is 0. The van der Waals surface area contributed by atoms with Crippen molar-refractivity contribution < 1.29 is 26.5 Å². The third kappa shape index (κ3) is 6.19. The van der Waals surface area contributed by atoms with Crippen LogP contribution in [0.2, 0.25) is 16.6 Å². The third-order valence-corrected chi connectivity index (χ3v) is 8.91. The summed E-state index contributed by atoms with van der Waals surface area (Å²) >= 11 is 0. The first-order valence-electron chi connectivity index (χ1n) is 6.27. The van der Waals surface area contributed by atoms with Crippen molar-refractivity contribution in [2.75, 3.05) is 0 Å². The van der Waals surface area contributed by atoms with E-state index in [9.17, 15) is 4.80 Å². The van der Waals surface area contributed by atoms with Gasteiger partial charge < -0.3 is 4.80 Å². The van der Waals surface area contributed by atoms with Crippen LogP contribution in [-0.2, 0) is 21.7 Å². The Morgan fingerprint density at radius 2 is 1.41 bits per heavy atom. The molecule has 0 heterocycles. The van der Waals surface area contributed by atoms with Gasteiger partial charge in [0.1, 0.15) is 0 Å². The minimum Gasteiger partial charge on any atom is -0.431 e. The molecular formula is C14H27OSiTi-. The van der Waals surface area contributed by atoms with E-state index in [0.717, 1.165) is 6.42 Å². The number of hydrogen-bond donors (Lipinski definition) is 1. The van der Waals surface area contributed by atoms with Crippen LogP contribution in [-0.4, -0.2) is 13.1 Å². The molecule has 0 amide bonds. The van der Waals surface area contributed by atoms with E-state index in [2.05, 4.69) is 53.7 Å². The van der Waals surface area contributed by atoms with Gasteiger partial charge in [-0.15, -0.1) is 6.42 Å². The summed E-state index contributed by atoms with van der Waals surface area (Å²) in [6.45, 7) is 12.9. The molecule has 0 aromatic heterocycles. The zero-order valence-electron chi connectivity index (χ0n) is 12.1. The van der Waals surface area contributed by atoms with Crippen molar-refractivity contribution in [1.82, 2.24) is 0 Å². The quantitative estimate of drug-likeness (QED) is 0.600. The summed E-state index contributed by atoms with van der Waals surface area (Å²) in [4.78, 5) is 10.4. The molecule has 0 radical (unpaired) electrons. The maximum atomic E-state index is 10.4. The molecule has 0 bridgehead atoms. The minimum atomic E-state index is -1.98. The fraction of sp³-hybridized carbons (Fsp3) is 0.714. The van der Waals surface area contributed by atoms with Gasteiger partial charge in [-0.3, -0.25) is 6.08 Å². The average Bonchev–Trinajstić information content (AvgIpc) is 2.73. The van der Waals surface area contributed by atoms with Crippen LogP contribution in [0.15, 0.2) is 18.2 Å². The van der Waals surface area contributed by atoms with Crippen molar-refractivity contribution in [3.05, 3.63) is 24.3 Å². The predicted octanol–water partition coefficient (Wildman–Crippen LogP) is 4.46. The first-order chi connectivity index (χ1) is 7.33. The summed E-state index contributed by atoms with van der Waals surface area (Å²) in [5.74, 6) is 0. The topological polar surface area (TPSA) is 20.2 Å². The Hall–Kier alpha value is 0.371. The summed E-state index contributed by atoms with van der Waals surface area (Å²) < 4.78 is 0. The third-order valence-electron chi connectivity index (χ3n) is 3.36. The molecule has 1 rings (SSSR count). The van der Waals surface area contributed by atoms with Gasteiger partial charge in [0.15, 0.2) is 8.32 Å². The molecule has 0 unspecified atom stereocenters. The molecule has 1 N–H and O–H groups in total. The molecule has 0 spiro atoms. The van der Waals surface area contributed by atoms with Gasteiger partial charge in [-0.2, -0.15) is 6.08 Å². The van der Waals surface area contributed by atoms with Crippen molar-refractivity contribution in [2.24, 2.45) is 0 Å². The van der Waals surface area contributed by atoms with E-state index in [4.69, 9.17) is 0 Å². The van der Waals surface area contributed by atoms with Crippen LogP contribution >= 0.6 is 0 Å². The molecule has 1 nitrogen and oxygen atoms in total. The Balaban J connectivity index is 0. The fourth-order valence-corrected chi connectivity index (χ4v) is 6.34. The van der Waals surface area contributed by atoms with Gasteiger partial charge in [-0.25, -0.2) is 12.2 Å². The molecule has 0 saturated heterocycles. The molecule has 0 aliphatic heterocycles. The maximum absolute atomic E-state index is 10.4. The summed E-state index contributed by atoms with van der Waals surface area (Å²) in [7, 11) is -1.98. The van der Waals surface area contributed by atoms with Crippen LogP contribution in [0, 0.1) is 6.08 Å². The smallest absolute Gasteiger partial charge is 0.196 e. The van der Waals surface area contributed by atoms with Gasteiger partial charge in [-0.05, 0) is 16.6 Å². The van der Waals surface area contributed by atoms with Crippen LogP contribution in [0.5, 0.6) is 0 Å².